The average Bonchev–Trinajstić information content (AvgIpc) is 1.85. The zero-order chi connectivity index (χ0) is 9.78. The van der Waals surface area contributed by atoms with Gasteiger partial charge in [0.2, 0.25) is 5.24 Å². The lowest BCUT2D eigenvalue weighted by Gasteiger charge is -2.09. The van der Waals surface area contributed by atoms with Crippen LogP contribution in [0, 0.1) is 0 Å². The van der Waals surface area contributed by atoms with Crippen LogP contribution < -0.4 is 5.32 Å². The Morgan fingerprint density at radius 1 is 1.75 bits per heavy atom. The smallest absolute Gasteiger partial charge is 0.439 e. The second-order valence-electron chi connectivity index (χ2n) is 1.70. The molecule has 0 aliphatic carbocycles. The Labute approximate surface area is 72.8 Å². The van der Waals surface area contributed by atoms with Crippen LogP contribution in [-0.4, -0.2) is 17.9 Å². The molecule has 1 amide bonds. The minimum absolute atomic E-state index is 0.0261. The Balaban J connectivity index is 3.93. The first-order valence-corrected chi connectivity index (χ1v) is 4.93. The normalized spacial score (nSPS) is 13.7. The maximum absolute atomic E-state index is 11.9. The van der Waals surface area contributed by atoms with Gasteiger partial charge < -0.3 is 4.74 Å². The second kappa shape index (κ2) is 4.62. The number of amides is 1. The monoisotopic (exact) mass is 221 g/mol. The van der Waals surface area contributed by atoms with Gasteiger partial charge in [-0.1, -0.05) is 11.6 Å². The second-order valence-corrected chi connectivity index (χ2v) is 3.97. The van der Waals surface area contributed by atoms with Gasteiger partial charge in [0.1, 0.15) is 0 Å². The van der Waals surface area contributed by atoms with E-state index in [1.807, 2.05) is 0 Å². The van der Waals surface area contributed by atoms with Gasteiger partial charge in [0.05, 0.1) is 6.61 Å². The maximum Gasteiger partial charge on any atom is 0.439 e. The summed E-state index contributed by atoms with van der Waals surface area (Å²) in [6.45, 7) is 1.52. The van der Waals surface area contributed by atoms with Crippen LogP contribution in [0.2, 0.25) is 0 Å². The molecule has 8 heteroatoms. The van der Waals surface area contributed by atoms with Crippen molar-refractivity contribution in [3.63, 3.8) is 0 Å². The molecule has 0 aromatic heterocycles. The molecule has 0 aromatic rings. The Bertz CT molecular complexity index is 208. The highest BCUT2D eigenvalue weighted by Crippen LogP contribution is 2.54. The summed E-state index contributed by atoms with van der Waals surface area (Å²) in [5.74, 6) is 0. The zero-order valence-corrected chi connectivity index (χ0v) is 7.74. The first-order valence-electron chi connectivity index (χ1n) is 2.94. The van der Waals surface area contributed by atoms with E-state index in [4.69, 9.17) is 11.6 Å². The highest BCUT2D eigenvalue weighted by Gasteiger charge is 2.33. The van der Waals surface area contributed by atoms with Crippen molar-refractivity contribution in [3.05, 3.63) is 0 Å². The molecule has 0 radical (unpaired) electrons. The predicted molar refractivity (Wildman–Crippen MR) is 39.6 cm³/mol. The molecule has 0 bridgehead atoms. The summed E-state index contributed by atoms with van der Waals surface area (Å²) in [5, 5.41) is -0.672. The van der Waals surface area contributed by atoms with Crippen LogP contribution in [0.3, 0.4) is 0 Å². The van der Waals surface area contributed by atoms with E-state index in [1.165, 1.54) is 12.2 Å². The van der Waals surface area contributed by atoms with Gasteiger partial charge in [-0.2, -0.15) is 0 Å². The predicted octanol–water partition coefficient (Wildman–Crippen LogP) is 2.39. The summed E-state index contributed by atoms with van der Waals surface area (Å²) in [6, 6.07) is 0. The number of alkyl carbamates (subject to hydrolysis) is 1. The summed E-state index contributed by atoms with van der Waals surface area (Å²) in [5.41, 5.74) is 0. The van der Waals surface area contributed by atoms with Crippen LogP contribution in [0.15, 0.2) is 0 Å². The van der Waals surface area contributed by atoms with E-state index in [-0.39, 0.29) is 6.61 Å². The van der Waals surface area contributed by atoms with Gasteiger partial charge in [-0.05, 0) is 6.92 Å². The molecule has 0 aliphatic rings. The average molecular weight is 222 g/mol. The molecule has 0 saturated heterocycles. The van der Waals surface area contributed by atoms with Crippen molar-refractivity contribution in [3.8, 4) is 0 Å². The number of carbonyl (C=O) groups excluding carboxylic acids is 1. The molecule has 1 atom stereocenters. The lowest BCUT2D eigenvalue weighted by Crippen LogP contribution is -2.29. The fraction of sp³-hybridized carbons (Fsp3) is 0.750. The molecular formula is C4H7ClF2NO3P. The maximum atomic E-state index is 11.9. The summed E-state index contributed by atoms with van der Waals surface area (Å²) in [6.07, 6.45) is -1.12. The largest absolute Gasteiger partial charge is 0.450 e. The van der Waals surface area contributed by atoms with E-state index in [0.29, 0.717) is 0 Å². The fourth-order valence-corrected chi connectivity index (χ4v) is 0.690. The molecule has 0 rings (SSSR count). The van der Waals surface area contributed by atoms with Gasteiger partial charge in [0, 0.05) is 0 Å². The van der Waals surface area contributed by atoms with E-state index in [0.717, 1.165) is 0 Å². The number of carbonyl (C=O) groups is 1. The summed E-state index contributed by atoms with van der Waals surface area (Å²) < 4.78 is 37.9. The van der Waals surface area contributed by atoms with Crippen molar-refractivity contribution in [1.82, 2.24) is 5.32 Å². The Morgan fingerprint density at radius 2 is 2.25 bits per heavy atom. The summed E-state index contributed by atoms with van der Waals surface area (Å²) in [7, 11) is -5.48. The van der Waals surface area contributed by atoms with E-state index in [2.05, 4.69) is 4.74 Å². The van der Waals surface area contributed by atoms with Crippen LogP contribution in [0.1, 0.15) is 6.92 Å². The van der Waals surface area contributed by atoms with Crippen LogP contribution in [0.4, 0.5) is 13.2 Å². The third-order valence-electron chi connectivity index (χ3n) is 0.776. The summed E-state index contributed by atoms with van der Waals surface area (Å²) in [4.78, 5) is 10.4. The van der Waals surface area contributed by atoms with Gasteiger partial charge in [0.15, 0.2) is 0 Å². The minimum atomic E-state index is -5.48. The molecule has 4 nitrogen and oxygen atoms in total. The van der Waals surface area contributed by atoms with Crippen molar-refractivity contribution in [1.29, 1.82) is 0 Å². The van der Waals surface area contributed by atoms with Crippen molar-refractivity contribution in [2.45, 2.75) is 12.2 Å². The number of nitrogens with one attached hydrogen (secondary N) is 1. The third-order valence-corrected chi connectivity index (χ3v) is 2.22. The number of hydrogen-bond acceptors (Lipinski definition) is 3. The van der Waals surface area contributed by atoms with Gasteiger partial charge >= 0.3 is 13.9 Å². The first-order chi connectivity index (χ1) is 5.38. The lowest BCUT2D eigenvalue weighted by molar-refractivity contribution is 0.152. The number of halogens is 3. The number of rotatable bonds is 3. The van der Waals surface area contributed by atoms with Crippen molar-refractivity contribution >= 4 is 25.5 Å². The topological polar surface area (TPSA) is 55.4 Å². The molecule has 0 fully saturated rings. The Morgan fingerprint density at radius 3 is 2.58 bits per heavy atom. The molecule has 1 N–H and O–H groups in total. The van der Waals surface area contributed by atoms with Crippen LogP contribution in [0.5, 0.6) is 0 Å². The van der Waals surface area contributed by atoms with Gasteiger partial charge in [-0.15, -0.1) is 8.39 Å². The molecule has 72 valence electrons. The van der Waals surface area contributed by atoms with Gasteiger partial charge in [-0.25, -0.2) is 9.36 Å². The summed E-state index contributed by atoms with van der Waals surface area (Å²) >= 11 is 4.86. The van der Waals surface area contributed by atoms with E-state index >= 15 is 0 Å². The molecule has 0 aromatic carbocycles. The molecule has 0 heterocycles. The Kier molecular flexibility index (Phi) is 4.49. The van der Waals surface area contributed by atoms with Crippen molar-refractivity contribution in [2.24, 2.45) is 0 Å². The standard InChI is InChI=1S/C4H7ClF2NO3P/c1-2-11-4(9)8-3(5)12(6,7)10/h3H,2H2,1H3,(H,8,9). The fourth-order valence-electron chi connectivity index (χ4n) is 0.345. The van der Waals surface area contributed by atoms with Crippen LogP contribution in [-0.2, 0) is 9.30 Å². The first kappa shape index (κ1) is 11.6. The molecule has 12 heavy (non-hydrogen) atoms. The van der Waals surface area contributed by atoms with Crippen molar-refractivity contribution in [2.75, 3.05) is 6.61 Å². The molecule has 1 unspecified atom stereocenters. The van der Waals surface area contributed by atoms with E-state index in [9.17, 15) is 17.8 Å². The minimum Gasteiger partial charge on any atom is -0.450 e. The SMILES string of the molecule is CCOC(=O)NC(Cl)P(=O)(F)F. The highest BCUT2D eigenvalue weighted by molar-refractivity contribution is 7.55. The van der Waals surface area contributed by atoms with Crippen LogP contribution in [0.25, 0.3) is 0 Å². The zero-order valence-electron chi connectivity index (χ0n) is 6.09. The van der Waals surface area contributed by atoms with Crippen LogP contribution >= 0.6 is 19.4 Å². The highest BCUT2D eigenvalue weighted by atomic mass is 35.5. The number of ether oxygens (including phenoxy) is 1. The number of alkyl halides is 1. The van der Waals surface area contributed by atoms with Gasteiger partial charge in [-0.3, -0.25) is 5.32 Å². The Hall–Kier alpha value is -0.350. The molecule has 0 aliphatic heterocycles. The lowest BCUT2D eigenvalue weighted by atomic mass is 10.9. The van der Waals surface area contributed by atoms with E-state index < -0.39 is 19.1 Å². The van der Waals surface area contributed by atoms with Gasteiger partial charge in [0.25, 0.3) is 0 Å². The molecular weight excluding hydrogens is 214 g/mol. The molecule has 0 saturated carbocycles. The number of hydrogen-bond donors (Lipinski definition) is 1. The third kappa shape index (κ3) is 4.51. The van der Waals surface area contributed by atoms with Crippen molar-refractivity contribution < 1.29 is 22.5 Å². The molecule has 0 spiro atoms. The van der Waals surface area contributed by atoms with E-state index in [1.54, 1.807) is 0 Å². The quantitative estimate of drug-likeness (QED) is 0.452.